The van der Waals surface area contributed by atoms with Crippen LogP contribution in [0.4, 0.5) is 0 Å². The fourth-order valence-electron chi connectivity index (χ4n) is 4.75. The lowest BCUT2D eigenvalue weighted by Crippen LogP contribution is -2.88. The highest BCUT2D eigenvalue weighted by Crippen LogP contribution is 2.49. The van der Waals surface area contributed by atoms with E-state index in [0.29, 0.717) is 0 Å². The lowest BCUT2D eigenvalue weighted by atomic mass is 9.53. The predicted molar refractivity (Wildman–Crippen MR) is 125 cm³/mol. The maximum Gasteiger partial charge on any atom is 0.205 e. The van der Waals surface area contributed by atoms with Gasteiger partial charge in [0, 0.05) is 16.7 Å². The highest BCUT2D eigenvalue weighted by Gasteiger charge is 2.81. The van der Waals surface area contributed by atoms with Crippen LogP contribution < -0.4 is 0 Å². The number of Topliss-reactive ketones (excluding diaryl/α,β-unsaturated/α-hetero) is 3. The molecule has 0 saturated heterocycles. The molecule has 6 N–H and O–H groups in total. The monoisotopic (exact) mass is 492 g/mol. The molecular weight excluding hydrogens is 468 g/mol. The average Bonchev–Trinajstić information content (AvgIpc) is 2.94. The third-order valence-corrected chi connectivity index (χ3v) is 6.74. The zero-order valence-corrected chi connectivity index (χ0v) is 18.8. The Morgan fingerprint density at radius 1 is 0.500 bits per heavy atom. The number of carbonyl (C=O) groups excluding carboxylic acids is 3. The number of ketones is 3. The molecule has 0 aromatic heterocycles. The van der Waals surface area contributed by atoms with Gasteiger partial charge in [0.15, 0.2) is 11.2 Å². The van der Waals surface area contributed by atoms with Crippen molar-refractivity contribution < 1.29 is 45.0 Å². The first-order valence-electron chi connectivity index (χ1n) is 11.0. The Kier molecular flexibility index (Phi) is 6.48. The van der Waals surface area contributed by atoms with Crippen LogP contribution in [-0.4, -0.2) is 83.1 Å². The van der Waals surface area contributed by atoms with Crippen molar-refractivity contribution in [2.45, 2.75) is 35.1 Å². The Morgan fingerprint density at radius 3 is 1.08 bits per heavy atom. The van der Waals surface area contributed by atoms with Crippen molar-refractivity contribution in [2.24, 2.45) is 0 Å². The summed E-state index contributed by atoms with van der Waals surface area (Å²) in [5.74, 6) is -4.47. The van der Waals surface area contributed by atoms with Gasteiger partial charge in [-0.2, -0.15) is 0 Å². The van der Waals surface area contributed by atoms with E-state index in [1.165, 1.54) is 91.0 Å². The fourth-order valence-corrected chi connectivity index (χ4v) is 4.75. The summed E-state index contributed by atoms with van der Waals surface area (Å²) in [6.07, 6.45) is -7.91. The summed E-state index contributed by atoms with van der Waals surface area (Å²) in [6.45, 7) is 0. The van der Waals surface area contributed by atoms with Crippen LogP contribution in [0.1, 0.15) is 31.1 Å². The summed E-state index contributed by atoms with van der Waals surface area (Å²) >= 11 is 0. The van der Waals surface area contributed by atoms with Crippen molar-refractivity contribution in [3.8, 4) is 0 Å². The van der Waals surface area contributed by atoms with E-state index < -0.39 is 52.5 Å². The van der Waals surface area contributed by atoms with E-state index in [4.69, 9.17) is 0 Å². The zero-order chi connectivity index (χ0) is 26.3. The van der Waals surface area contributed by atoms with Crippen molar-refractivity contribution in [1.82, 2.24) is 0 Å². The minimum Gasteiger partial charge on any atom is -0.387 e. The Bertz CT molecular complexity index is 1210. The molecule has 186 valence electrons. The molecular formula is C27H24O9. The fraction of sp³-hybridized carbons (Fsp3) is 0.222. The first-order chi connectivity index (χ1) is 17.0. The number of hydrogen-bond donors (Lipinski definition) is 6. The second-order valence-corrected chi connectivity index (χ2v) is 8.71. The van der Waals surface area contributed by atoms with Gasteiger partial charge in [0.05, 0.1) is 0 Å². The molecule has 6 atom stereocenters. The van der Waals surface area contributed by atoms with Gasteiger partial charge in [-0.25, -0.2) is 0 Å². The summed E-state index contributed by atoms with van der Waals surface area (Å²) in [7, 11) is 0. The smallest absolute Gasteiger partial charge is 0.205 e. The molecule has 0 aliphatic heterocycles. The maximum absolute atomic E-state index is 13.8. The standard InChI is InChI=1S/C27H24O9/c28-19-23(32)25(34,20(29)16-10-4-1-5-11-16)27(36,22(31)18-14-8-3-9-15-18)26(35,24(19)33)21(30)17-12-6-2-7-13-17/h1-15,19,23-24,28,32-36H/t19-,23-,24-,25+,26-,27-/m0/s1. The van der Waals surface area contributed by atoms with Crippen LogP contribution in [0.5, 0.6) is 0 Å². The van der Waals surface area contributed by atoms with Gasteiger partial charge in [0.2, 0.25) is 23.0 Å². The van der Waals surface area contributed by atoms with Gasteiger partial charge in [-0.05, 0) is 0 Å². The van der Waals surface area contributed by atoms with Gasteiger partial charge in [-0.1, -0.05) is 91.0 Å². The van der Waals surface area contributed by atoms with Gasteiger partial charge >= 0.3 is 0 Å². The SMILES string of the molecule is O=C(c1ccccc1)[C@]1(O)[C@@](O)(C(=O)c2ccccc2)[C@@H](O)[C@H](O)[C@H](O)[C@@]1(O)C(=O)c1ccccc1. The zero-order valence-electron chi connectivity index (χ0n) is 18.8. The van der Waals surface area contributed by atoms with Gasteiger partial charge in [0.1, 0.15) is 18.3 Å². The molecule has 9 nitrogen and oxygen atoms in total. The van der Waals surface area contributed by atoms with Gasteiger partial charge in [0.25, 0.3) is 0 Å². The van der Waals surface area contributed by atoms with Crippen LogP contribution in [0.15, 0.2) is 91.0 Å². The molecule has 0 heterocycles. The van der Waals surface area contributed by atoms with Crippen LogP contribution >= 0.6 is 0 Å². The van der Waals surface area contributed by atoms with Crippen molar-refractivity contribution in [2.75, 3.05) is 0 Å². The molecule has 36 heavy (non-hydrogen) atoms. The third kappa shape index (κ3) is 3.37. The molecule has 0 radical (unpaired) electrons. The molecule has 1 aliphatic carbocycles. The Labute approximate surface area is 205 Å². The molecule has 0 unspecified atom stereocenters. The lowest BCUT2D eigenvalue weighted by Gasteiger charge is -2.57. The predicted octanol–water partition coefficient (Wildman–Crippen LogP) is -0.0753. The normalized spacial score (nSPS) is 32.0. The molecule has 3 aromatic carbocycles. The Morgan fingerprint density at radius 2 is 0.778 bits per heavy atom. The van der Waals surface area contributed by atoms with E-state index in [1.54, 1.807) is 0 Å². The molecule has 1 fully saturated rings. The third-order valence-electron chi connectivity index (χ3n) is 6.74. The Hall–Kier alpha value is -3.57. The maximum atomic E-state index is 13.8. The number of rotatable bonds is 6. The highest BCUT2D eigenvalue weighted by molar-refractivity contribution is 6.18. The number of carbonyl (C=O) groups is 3. The Balaban J connectivity index is 2.06. The average molecular weight is 492 g/mol. The van der Waals surface area contributed by atoms with E-state index >= 15 is 0 Å². The first kappa shape index (κ1) is 25.5. The van der Waals surface area contributed by atoms with Crippen molar-refractivity contribution in [3.05, 3.63) is 108 Å². The molecule has 9 heteroatoms. The number of aliphatic hydroxyl groups excluding tert-OH is 3. The molecule has 0 bridgehead atoms. The second kappa shape index (κ2) is 9.14. The summed E-state index contributed by atoms with van der Waals surface area (Å²) in [5.41, 5.74) is -12.2. The number of aliphatic hydroxyl groups is 6. The summed E-state index contributed by atoms with van der Waals surface area (Å²) in [4.78, 5) is 41.1. The quantitative estimate of drug-likeness (QED) is 0.258. The van der Waals surface area contributed by atoms with E-state index in [9.17, 15) is 45.0 Å². The van der Waals surface area contributed by atoms with E-state index in [0.717, 1.165) is 0 Å². The summed E-state index contributed by atoms with van der Waals surface area (Å²) < 4.78 is 0. The van der Waals surface area contributed by atoms with Crippen LogP contribution in [0.25, 0.3) is 0 Å². The molecule has 0 amide bonds. The molecule has 0 spiro atoms. The van der Waals surface area contributed by atoms with Crippen molar-refractivity contribution in [1.29, 1.82) is 0 Å². The highest BCUT2D eigenvalue weighted by atomic mass is 16.5. The molecule has 3 aromatic rings. The van der Waals surface area contributed by atoms with Gasteiger partial charge < -0.3 is 30.6 Å². The van der Waals surface area contributed by atoms with E-state index in [1.807, 2.05) is 0 Å². The topological polar surface area (TPSA) is 173 Å². The lowest BCUT2D eigenvalue weighted by molar-refractivity contribution is -0.297. The van der Waals surface area contributed by atoms with Crippen LogP contribution in [0.2, 0.25) is 0 Å². The molecule has 4 rings (SSSR count). The summed E-state index contributed by atoms with van der Waals surface area (Å²) in [5, 5.41) is 68.0. The first-order valence-corrected chi connectivity index (χ1v) is 11.0. The molecule has 1 saturated carbocycles. The van der Waals surface area contributed by atoms with Crippen LogP contribution in [-0.2, 0) is 0 Å². The summed E-state index contributed by atoms with van der Waals surface area (Å²) in [6, 6.07) is 20.2. The minimum atomic E-state index is -3.86. The number of hydrogen-bond acceptors (Lipinski definition) is 9. The van der Waals surface area contributed by atoms with Crippen LogP contribution in [0.3, 0.4) is 0 Å². The van der Waals surface area contributed by atoms with Crippen molar-refractivity contribution >= 4 is 17.3 Å². The largest absolute Gasteiger partial charge is 0.387 e. The van der Waals surface area contributed by atoms with Gasteiger partial charge in [-0.15, -0.1) is 0 Å². The minimum absolute atomic E-state index is 0.309. The van der Waals surface area contributed by atoms with Crippen LogP contribution in [0, 0.1) is 0 Å². The van der Waals surface area contributed by atoms with E-state index in [-0.39, 0.29) is 16.7 Å². The second-order valence-electron chi connectivity index (χ2n) is 8.71. The van der Waals surface area contributed by atoms with E-state index in [2.05, 4.69) is 0 Å². The molecule has 1 aliphatic rings. The number of benzene rings is 3. The van der Waals surface area contributed by atoms with Crippen molar-refractivity contribution in [3.63, 3.8) is 0 Å². The van der Waals surface area contributed by atoms with Gasteiger partial charge in [-0.3, -0.25) is 14.4 Å².